The molecule has 2 aromatic carbocycles. The summed E-state index contributed by atoms with van der Waals surface area (Å²) in [7, 11) is 0. The highest BCUT2D eigenvalue weighted by Gasteiger charge is 2.37. The summed E-state index contributed by atoms with van der Waals surface area (Å²) in [6, 6.07) is 7.07. The van der Waals surface area contributed by atoms with E-state index in [1.807, 2.05) is 0 Å². The summed E-state index contributed by atoms with van der Waals surface area (Å²) in [6.07, 6.45) is 0. The molecule has 0 aliphatic rings. The zero-order valence-electron chi connectivity index (χ0n) is 18.9. The first-order valence-corrected chi connectivity index (χ1v) is 11.4. The predicted octanol–water partition coefficient (Wildman–Crippen LogP) is 4.06. The first-order chi connectivity index (χ1) is 16.3. The summed E-state index contributed by atoms with van der Waals surface area (Å²) >= 11 is 6.60. The Morgan fingerprint density at radius 3 is 2.26 bits per heavy atom. The predicted molar refractivity (Wildman–Crippen MR) is 130 cm³/mol. The molecule has 8 nitrogen and oxygen atoms in total. The highest BCUT2D eigenvalue weighted by atomic mass is 35.5. The van der Waals surface area contributed by atoms with E-state index >= 15 is 0 Å². The Balaban J connectivity index is 2.26. The van der Waals surface area contributed by atoms with E-state index in [1.165, 1.54) is 24.3 Å². The van der Waals surface area contributed by atoms with Crippen LogP contribution in [0.4, 0.5) is 20.2 Å². The number of nitrogen functional groups attached to an aromatic ring is 1. The van der Waals surface area contributed by atoms with Crippen molar-refractivity contribution in [2.45, 2.75) is 32.4 Å². The van der Waals surface area contributed by atoms with Crippen LogP contribution in [0.1, 0.15) is 52.5 Å². The lowest BCUT2D eigenvalue weighted by molar-refractivity contribution is -0.123. The number of benzene rings is 2. The lowest BCUT2D eigenvalue weighted by Crippen LogP contribution is -2.49. The van der Waals surface area contributed by atoms with Crippen LogP contribution in [0.5, 0.6) is 0 Å². The third-order valence-electron chi connectivity index (χ3n) is 4.75. The number of halogens is 3. The Hall–Kier alpha value is -3.57. The minimum atomic E-state index is -1.36. The zero-order chi connectivity index (χ0) is 26.1. The van der Waals surface area contributed by atoms with Gasteiger partial charge in [-0.25, -0.2) is 8.78 Å². The van der Waals surface area contributed by atoms with Gasteiger partial charge in [-0.3, -0.25) is 19.3 Å². The second kappa shape index (κ2) is 9.96. The molecular formula is C23H22ClF2N5O3S. The Morgan fingerprint density at radius 2 is 1.74 bits per heavy atom. The molecule has 0 aliphatic carbocycles. The minimum Gasteiger partial charge on any atom is -0.395 e. The molecule has 3 rings (SSSR count). The quantitative estimate of drug-likeness (QED) is 0.450. The molecule has 0 bridgehead atoms. The van der Waals surface area contributed by atoms with E-state index in [9.17, 15) is 23.2 Å². The second-order valence-electron chi connectivity index (χ2n) is 8.61. The van der Waals surface area contributed by atoms with Crippen LogP contribution in [0.25, 0.3) is 0 Å². The molecule has 1 unspecified atom stereocenters. The van der Waals surface area contributed by atoms with E-state index in [0.29, 0.717) is 11.5 Å². The number of anilines is 2. The third kappa shape index (κ3) is 5.75. The van der Waals surface area contributed by atoms with Crippen LogP contribution in [0.2, 0.25) is 5.02 Å². The Labute approximate surface area is 209 Å². The average molecular weight is 522 g/mol. The molecule has 1 heterocycles. The molecule has 0 fully saturated rings. The third-order valence-corrected chi connectivity index (χ3v) is 5.89. The van der Waals surface area contributed by atoms with Crippen molar-refractivity contribution < 1.29 is 23.2 Å². The standard InChI is InChI=1S/C23H22ClF2N5O3S/c1-23(2,3)29-21(33)18(11-4-6-12(25)7-5-11)31(13-8-9-15(26)14(24)10-13)22(34)19-16(27)17(20(28)32)30-35-19/h4-10,18H,27H2,1-3H3,(H2,28,32)(H,29,33). The summed E-state index contributed by atoms with van der Waals surface area (Å²) < 4.78 is 31.5. The minimum absolute atomic E-state index is 0.0493. The van der Waals surface area contributed by atoms with E-state index in [0.717, 1.165) is 23.1 Å². The first kappa shape index (κ1) is 26.0. The summed E-state index contributed by atoms with van der Waals surface area (Å²) in [6.45, 7) is 5.23. The Morgan fingerprint density at radius 1 is 1.11 bits per heavy atom. The van der Waals surface area contributed by atoms with Gasteiger partial charge in [-0.05, 0) is 68.2 Å². The van der Waals surface area contributed by atoms with Crippen LogP contribution in [-0.2, 0) is 4.79 Å². The van der Waals surface area contributed by atoms with Crippen molar-refractivity contribution in [1.82, 2.24) is 9.69 Å². The highest BCUT2D eigenvalue weighted by Crippen LogP contribution is 2.35. The van der Waals surface area contributed by atoms with Gasteiger partial charge in [0.1, 0.15) is 22.6 Å². The van der Waals surface area contributed by atoms with Crippen molar-refractivity contribution in [1.29, 1.82) is 0 Å². The Bertz CT molecular complexity index is 1290. The second-order valence-corrected chi connectivity index (χ2v) is 9.79. The number of amides is 3. The fraction of sp³-hybridized carbons (Fsp3) is 0.217. The molecule has 1 atom stereocenters. The number of hydrogen-bond acceptors (Lipinski definition) is 6. The fourth-order valence-corrected chi connectivity index (χ4v) is 4.17. The molecule has 0 saturated carbocycles. The number of carbonyl (C=O) groups excluding carboxylic acids is 3. The van der Waals surface area contributed by atoms with Gasteiger partial charge in [0.15, 0.2) is 5.69 Å². The number of hydrogen-bond donors (Lipinski definition) is 3. The van der Waals surface area contributed by atoms with Crippen molar-refractivity contribution in [3.63, 3.8) is 0 Å². The maximum atomic E-state index is 14.0. The van der Waals surface area contributed by atoms with E-state index < -0.39 is 40.9 Å². The topological polar surface area (TPSA) is 131 Å². The summed E-state index contributed by atoms with van der Waals surface area (Å²) in [5.74, 6) is -3.67. The van der Waals surface area contributed by atoms with E-state index in [1.54, 1.807) is 20.8 Å². The van der Waals surface area contributed by atoms with Crippen LogP contribution in [0.15, 0.2) is 42.5 Å². The summed E-state index contributed by atoms with van der Waals surface area (Å²) in [5, 5.41) is 2.50. The van der Waals surface area contributed by atoms with Gasteiger partial charge in [0.05, 0.1) is 10.7 Å². The monoisotopic (exact) mass is 521 g/mol. The molecule has 35 heavy (non-hydrogen) atoms. The number of aromatic nitrogens is 1. The smallest absolute Gasteiger partial charge is 0.273 e. The molecule has 184 valence electrons. The number of carbonyl (C=O) groups is 3. The van der Waals surface area contributed by atoms with E-state index in [2.05, 4.69) is 9.69 Å². The zero-order valence-corrected chi connectivity index (χ0v) is 20.5. The molecule has 1 aromatic heterocycles. The molecule has 0 saturated heterocycles. The van der Waals surface area contributed by atoms with Crippen molar-refractivity contribution in [3.05, 3.63) is 75.3 Å². The normalized spacial score (nSPS) is 12.2. The van der Waals surface area contributed by atoms with Gasteiger partial charge >= 0.3 is 0 Å². The SMILES string of the molecule is CC(C)(C)NC(=O)C(c1ccc(F)cc1)N(C(=O)c1snc(C(N)=O)c1N)c1ccc(F)c(Cl)c1. The van der Waals surface area contributed by atoms with Gasteiger partial charge in [0.25, 0.3) is 11.8 Å². The van der Waals surface area contributed by atoms with Crippen molar-refractivity contribution in [2.24, 2.45) is 5.73 Å². The number of nitrogens with zero attached hydrogens (tertiary/aromatic N) is 2. The number of nitrogens with two attached hydrogens (primary N) is 2. The lowest BCUT2D eigenvalue weighted by atomic mass is 10.0. The van der Waals surface area contributed by atoms with Crippen LogP contribution < -0.4 is 21.7 Å². The molecule has 0 spiro atoms. The van der Waals surface area contributed by atoms with Crippen molar-refractivity contribution in [2.75, 3.05) is 10.6 Å². The molecule has 12 heteroatoms. The van der Waals surface area contributed by atoms with Gasteiger partial charge in [-0.15, -0.1) is 0 Å². The van der Waals surface area contributed by atoms with Crippen LogP contribution in [0, 0.1) is 11.6 Å². The van der Waals surface area contributed by atoms with Crippen molar-refractivity contribution in [3.8, 4) is 0 Å². The average Bonchev–Trinajstić information content (AvgIpc) is 3.15. The summed E-state index contributed by atoms with van der Waals surface area (Å²) in [5.41, 5.74) is 10.3. The van der Waals surface area contributed by atoms with Crippen LogP contribution >= 0.6 is 23.1 Å². The molecule has 0 radical (unpaired) electrons. The maximum absolute atomic E-state index is 14.0. The largest absolute Gasteiger partial charge is 0.395 e. The van der Waals surface area contributed by atoms with Crippen LogP contribution in [0.3, 0.4) is 0 Å². The van der Waals surface area contributed by atoms with Gasteiger partial charge < -0.3 is 16.8 Å². The highest BCUT2D eigenvalue weighted by molar-refractivity contribution is 7.09. The van der Waals surface area contributed by atoms with Crippen molar-refractivity contribution >= 4 is 52.2 Å². The van der Waals surface area contributed by atoms with Gasteiger partial charge in [0, 0.05) is 11.2 Å². The number of rotatable bonds is 6. The first-order valence-electron chi connectivity index (χ1n) is 10.2. The van der Waals surface area contributed by atoms with E-state index in [-0.39, 0.29) is 32.5 Å². The summed E-state index contributed by atoms with van der Waals surface area (Å²) in [4.78, 5) is 39.8. The molecule has 5 N–H and O–H groups in total. The van der Waals surface area contributed by atoms with Gasteiger partial charge in [-0.1, -0.05) is 23.7 Å². The molecular weight excluding hydrogens is 500 g/mol. The Kier molecular flexibility index (Phi) is 7.41. The number of nitrogens with one attached hydrogen (secondary N) is 1. The molecule has 3 aromatic rings. The van der Waals surface area contributed by atoms with E-state index in [4.69, 9.17) is 23.1 Å². The van der Waals surface area contributed by atoms with Gasteiger partial charge in [-0.2, -0.15) is 4.37 Å². The number of primary amides is 1. The van der Waals surface area contributed by atoms with Gasteiger partial charge in [0.2, 0.25) is 5.91 Å². The van der Waals surface area contributed by atoms with Crippen LogP contribution in [-0.4, -0.2) is 27.6 Å². The lowest BCUT2D eigenvalue weighted by Gasteiger charge is -2.33. The molecule has 3 amide bonds. The maximum Gasteiger partial charge on any atom is 0.273 e. The molecule has 0 aliphatic heterocycles. The fourth-order valence-electron chi connectivity index (χ4n) is 3.26.